The summed E-state index contributed by atoms with van der Waals surface area (Å²) in [6.45, 7) is 2.37. The second-order valence-corrected chi connectivity index (χ2v) is 4.05. The number of fused-ring (bicyclic) bond motifs is 1. The molecule has 0 spiro atoms. The zero-order chi connectivity index (χ0) is 12.5. The van der Waals surface area contributed by atoms with Gasteiger partial charge in [-0.1, -0.05) is 30.3 Å². The highest BCUT2D eigenvalue weighted by molar-refractivity contribution is 5.86. The van der Waals surface area contributed by atoms with E-state index in [0.717, 1.165) is 16.3 Å². The number of hydrogen-bond donors (Lipinski definition) is 0. The third kappa shape index (κ3) is 1.72. The van der Waals surface area contributed by atoms with E-state index in [9.17, 15) is 4.79 Å². The van der Waals surface area contributed by atoms with Crippen LogP contribution in [0.15, 0.2) is 51.7 Å². The average molecular weight is 240 g/mol. The fraction of sp³-hybridized carbons (Fsp3) is 0.143. The molecule has 0 N–H and O–H groups in total. The summed E-state index contributed by atoms with van der Waals surface area (Å²) in [4.78, 5) is 11.4. The number of rotatable bonds is 2. The normalized spacial score (nSPS) is 10.9. The van der Waals surface area contributed by atoms with Crippen LogP contribution in [0.4, 0.5) is 0 Å². The Bertz CT molecular complexity index is 756. The summed E-state index contributed by atoms with van der Waals surface area (Å²) >= 11 is 0. The average Bonchev–Trinajstić information content (AvgIpc) is 2.79. The van der Waals surface area contributed by atoms with Gasteiger partial charge < -0.3 is 4.42 Å². The Morgan fingerprint density at radius 2 is 1.94 bits per heavy atom. The lowest BCUT2D eigenvalue weighted by molar-refractivity contribution is 0.490. The van der Waals surface area contributed by atoms with Crippen molar-refractivity contribution in [3.05, 3.63) is 53.0 Å². The van der Waals surface area contributed by atoms with Gasteiger partial charge in [-0.05, 0) is 29.8 Å². The molecule has 0 saturated heterocycles. The summed E-state index contributed by atoms with van der Waals surface area (Å²) in [5, 5.41) is 6.39. The molecule has 0 aliphatic rings. The van der Waals surface area contributed by atoms with Crippen LogP contribution in [0, 0.1) is 0 Å². The number of nitrogens with zero attached hydrogens (tertiary/aromatic N) is 2. The fourth-order valence-corrected chi connectivity index (χ4v) is 1.95. The van der Waals surface area contributed by atoms with Gasteiger partial charge in [0.25, 0.3) is 0 Å². The topological polar surface area (TPSA) is 48.0 Å². The standard InChI is InChI=1S/C14H12N2O2/c1-2-16-14(17)18-13(15-16)12-8-7-10-5-3-4-6-11(10)9-12/h3-9H,2H2,1H3. The van der Waals surface area contributed by atoms with Gasteiger partial charge in [-0.15, -0.1) is 5.10 Å². The maximum absolute atomic E-state index is 11.4. The first-order valence-electron chi connectivity index (χ1n) is 5.85. The van der Waals surface area contributed by atoms with Crippen LogP contribution in [0.2, 0.25) is 0 Å². The number of aromatic nitrogens is 2. The molecule has 0 atom stereocenters. The molecule has 3 aromatic rings. The molecular formula is C14H12N2O2. The largest absolute Gasteiger partial charge is 0.437 e. The van der Waals surface area contributed by atoms with Crippen LogP contribution in [0.3, 0.4) is 0 Å². The molecule has 0 fully saturated rings. The SMILES string of the molecule is CCn1nc(-c2ccc3ccccc3c2)oc1=O. The van der Waals surface area contributed by atoms with Crippen LogP contribution in [0.5, 0.6) is 0 Å². The highest BCUT2D eigenvalue weighted by Gasteiger charge is 2.09. The van der Waals surface area contributed by atoms with Crippen molar-refractivity contribution >= 4 is 10.8 Å². The van der Waals surface area contributed by atoms with Crippen LogP contribution >= 0.6 is 0 Å². The van der Waals surface area contributed by atoms with Crippen LogP contribution < -0.4 is 5.76 Å². The number of benzene rings is 2. The first-order chi connectivity index (χ1) is 8.78. The molecule has 4 nitrogen and oxygen atoms in total. The maximum Gasteiger partial charge on any atom is 0.437 e. The van der Waals surface area contributed by atoms with Crippen LogP contribution in [0.1, 0.15) is 6.92 Å². The van der Waals surface area contributed by atoms with Crippen molar-refractivity contribution in [1.29, 1.82) is 0 Å². The van der Waals surface area contributed by atoms with E-state index in [1.54, 1.807) is 0 Å². The lowest BCUT2D eigenvalue weighted by Crippen LogP contribution is -2.13. The van der Waals surface area contributed by atoms with Crippen molar-refractivity contribution < 1.29 is 4.42 Å². The predicted molar refractivity (Wildman–Crippen MR) is 69.4 cm³/mol. The molecule has 0 bridgehead atoms. The zero-order valence-electron chi connectivity index (χ0n) is 9.96. The summed E-state index contributed by atoms with van der Waals surface area (Å²) in [5.74, 6) is -0.0479. The fourth-order valence-electron chi connectivity index (χ4n) is 1.95. The molecule has 0 saturated carbocycles. The first kappa shape index (κ1) is 10.8. The van der Waals surface area contributed by atoms with Gasteiger partial charge in [0.15, 0.2) is 0 Å². The highest BCUT2D eigenvalue weighted by Crippen LogP contribution is 2.22. The van der Waals surface area contributed by atoms with Crippen molar-refractivity contribution in [2.45, 2.75) is 13.5 Å². The van der Waals surface area contributed by atoms with Crippen LogP contribution in [-0.2, 0) is 6.54 Å². The van der Waals surface area contributed by atoms with E-state index < -0.39 is 5.76 Å². The van der Waals surface area contributed by atoms with Crippen molar-refractivity contribution in [3.8, 4) is 11.5 Å². The van der Waals surface area contributed by atoms with Crippen LogP contribution in [0.25, 0.3) is 22.2 Å². The molecule has 1 heterocycles. The van der Waals surface area contributed by atoms with E-state index in [0.29, 0.717) is 12.4 Å². The minimum Gasteiger partial charge on any atom is -0.388 e. The molecule has 1 aromatic heterocycles. The maximum atomic E-state index is 11.4. The van der Waals surface area contributed by atoms with Gasteiger partial charge in [0.1, 0.15) is 0 Å². The van der Waals surface area contributed by atoms with E-state index in [1.807, 2.05) is 49.4 Å². The minimum atomic E-state index is -0.416. The van der Waals surface area contributed by atoms with Gasteiger partial charge in [0, 0.05) is 12.1 Å². The number of aryl methyl sites for hydroxylation is 1. The highest BCUT2D eigenvalue weighted by atomic mass is 16.4. The van der Waals surface area contributed by atoms with Crippen molar-refractivity contribution in [2.75, 3.05) is 0 Å². The van der Waals surface area contributed by atoms with Crippen molar-refractivity contribution in [2.24, 2.45) is 0 Å². The molecule has 0 aliphatic heterocycles. The van der Waals surface area contributed by atoms with Gasteiger partial charge in [-0.3, -0.25) is 0 Å². The Kier molecular flexibility index (Phi) is 2.48. The summed E-state index contributed by atoms with van der Waals surface area (Å²) in [6, 6.07) is 13.9. The van der Waals surface area contributed by atoms with Gasteiger partial charge >= 0.3 is 5.76 Å². The van der Waals surface area contributed by atoms with Gasteiger partial charge in [-0.25, -0.2) is 4.79 Å². The summed E-state index contributed by atoms with van der Waals surface area (Å²) < 4.78 is 6.45. The predicted octanol–water partition coefficient (Wildman–Crippen LogP) is 2.68. The second-order valence-electron chi connectivity index (χ2n) is 4.05. The van der Waals surface area contributed by atoms with Gasteiger partial charge in [0.05, 0.1) is 0 Å². The number of hydrogen-bond acceptors (Lipinski definition) is 3. The van der Waals surface area contributed by atoms with E-state index in [4.69, 9.17) is 4.42 Å². The third-order valence-corrected chi connectivity index (χ3v) is 2.90. The molecule has 3 rings (SSSR count). The van der Waals surface area contributed by atoms with E-state index in [1.165, 1.54) is 4.68 Å². The van der Waals surface area contributed by atoms with Gasteiger partial charge in [-0.2, -0.15) is 4.68 Å². The van der Waals surface area contributed by atoms with Crippen molar-refractivity contribution in [1.82, 2.24) is 9.78 Å². The molecular weight excluding hydrogens is 228 g/mol. The molecule has 4 heteroatoms. The second kappa shape index (κ2) is 4.14. The summed E-state index contributed by atoms with van der Waals surface area (Å²) in [5.41, 5.74) is 0.818. The van der Waals surface area contributed by atoms with Gasteiger partial charge in [0.2, 0.25) is 5.89 Å². The van der Waals surface area contributed by atoms with E-state index in [-0.39, 0.29) is 0 Å². The lowest BCUT2D eigenvalue weighted by atomic mass is 10.1. The van der Waals surface area contributed by atoms with Crippen molar-refractivity contribution in [3.63, 3.8) is 0 Å². The Balaban J connectivity index is 2.16. The third-order valence-electron chi connectivity index (χ3n) is 2.90. The smallest absolute Gasteiger partial charge is 0.388 e. The summed E-state index contributed by atoms with van der Waals surface area (Å²) in [6.07, 6.45) is 0. The molecule has 90 valence electrons. The Morgan fingerprint density at radius 3 is 2.67 bits per heavy atom. The monoisotopic (exact) mass is 240 g/mol. The lowest BCUT2D eigenvalue weighted by Gasteiger charge is -1.99. The molecule has 0 amide bonds. The van der Waals surface area contributed by atoms with E-state index in [2.05, 4.69) is 5.10 Å². The molecule has 0 aliphatic carbocycles. The molecule has 0 unspecified atom stereocenters. The quantitative estimate of drug-likeness (QED) is 0.692. The zero-order valence-corrected chi connectivity index (χ0v) is 9.96. The molecule has 0 radical (unpaired) electrons. The first-order valence-corrected chi connectivity index (χ1v) is 5.85. The Hall–Kier alpha value is -2.36. The minimum absolute atomic E-state index is 0.368. The Morgan fingerprint density at radius 1 is 1.17 bits per heavy atom. The summed E-state index contributed by atoms with van der Waals surface area (Å²) in [7, 11) is 0. The van der Waals surface area contributed by atoms with E-state index >= 15 is 0 Å². The molecule has 2 aromatic carbocycles. The Labute approximate surface area is 103 Å². The van der Waals surface area contributed by atoms with Crippen LogP contribution in [-0.4, -0.2) is 9.78 Å². The molecule has 18 heavy (non-hydrogen) atoms.